The molecule has 0 radical (unpaired) electrons. The Hall–Kier alpha value is -1.55. The summed E-state index contributed by atoms with van der Waals surface area (Å²) in [5.41, 5.74) is 7.95. The molecule has 0 bridgehead atoms. The minimum atomic E-state index is -0.198. The van der Waals surface area contributed by atoms with E-state index in [9.17, 15) is 0 Å². The lowest BCUT2D eigenvalue weighted by molar-refractivity contribution is 0.265. The molecule has 1 unspecified atom stereocenters. The van der Waals surface area contributed by atoms with Crippen molar-refractivity contribution in [2.24, 2.45) is 5.73 Å². The first-order chi connectivity index (χ1) is 9.28. The Labute approximate surface area is 125 Å². The molecule has 0 fully saturated rings. The number of aliphatic hydroxyl groups excluding tert-OH is 1. The van der Waals surface area contributed by atoms with E-state index in [-0.39, 0.29) is 25.1 Å². The second kappa shape index (κ2) is 8.59. The quantitative estimate of drug-likeness (QED) is 0.860. The summed E-state index contributed by atoms with van der Waals surface area (Å²) in [7, 11) is 0. The lowest BCUT2D eigenvalue weighted by Crippen LogP contribution is -2.26. The molecule has 4 heteroatoms. The Morgan fingerprint density at radius 2 is 1.60 bits per heavy atom. The Balaban J connectivity index is 0.00000200. The molecule has 0 saturated heterocycles. The largest absolute Gasteiger partial charge is 0.489 e. The molecule has 2 aromatic rings. The van der Waals surface area contributed by atoms with Crippen molar-refractivity contribution in [2.75, 3.05) is 6.61 Å². The SMILES string of the molecule is Cl.NC(CO)Cc1ccc(OCc2ccccc2)cc1. The first-order valence-electron chi connectivity index (χ1n) is 6.40. The van der Waals surface area contributed by atoms with Crippen LogP contribution in [0.5, 0.6) is 5.75 Å². The molecule has 3 nitrogen and oxygen atoms in total. The second-order valence-corrected chi connectivity index (χ2v) is 4.57. The third kappa shape index (κ3) is 5.21. The lowest BCUT2D eigenvalue weighted by Gasteiger charge is -2.10. The Morgan fingerprint density at radius 1 is 0.950 bits per heavy atom. The summed E-state index contributed by atoms with van der Waals surface area (Å²) < 4.78 is 5.70. The van der Waals surface area contributed by atoms with Gasteiger partial charge in [0.05, 0.1) is 6.61 Å². The maximum Gasteiger partial charge on any atom is 0.119 e. The second-order valence-electron chi connectivity index (χ2n) is 4.57. The topological polar surface area (TPSA) is 55.5 Å². The summed E-state index contributed by atoms with van der Waals surface area (Å²) in [5.74, 6) is 0.838. The molecule has 0 spiro atoms. The fraction of sp³-hybridized carbons (Fsp3) is 0.250. The summed E-state index contributed by atoms with van der Waals surface area (Å²) in [6, 6.07) is 17.7. The number of aliphatic hydroxyl groups is 1. The Morgan fingerprint density at radius 3 is 2.20 bits per heavy atom. The third-order valence-electron chi connectivity index (χ3n) is 2.90. The fourth-order valence-corrected chi connectivity index (χ4v) is 1.83. The number of hydrogen-bond acceptors (Lipinski definition) is 3. The third-order valence-corrected chi connectivity index (χ3v) is 2.90. The lowest BCUT2D eigenvalue weighted by atomic mass is 10.1. The van der Waals surface area contributed by atoms with Gasteiger partial charge in [0.2, 0.25) is 0 Å². The normalized spacial score (nSPS) is 11.5. The van der Waals surface area contributed by atoms with Crippen LogP contribution in [0.25, 0.3) is 0 Å². The maximum absolute atomic E-state index is 8.91. The molecule has 0 saturated carbocycles. The van der Waals surface area contributed by atoms with Crippen LogP contribution in [0.4, 0.5) is 0 Å². The van der Waals surface area contributed by atoms with Gasteiger partial charge in [-0.1, -0.05) is 42.5 Å². The highest BCUT2D eigenvalue weighted by Crippen LogP contribution is 2.15. The maximum atomic E-state index is 8.91. The zero-order chi connectivity index (χ0) is 13.5. The molecule has 1 atom stereocenters. The highest BCUT2D eigenvalue weighted by atomic mass is 35.5. The van der Waals surface area contributed by atoms with Crippen molar-refractivity contribution >= 4 is 12.4 Å². The number of rotatable bonds is 6. The van der Waals surface area contributed by atoms with Crippen LogP contribution in [0.1, 0.15) is 11.1 Å². The van der Waals surface area contributed by atoms with E-state index in [1.54, 1.807) is 0 Å². The predicted molar refractivity (Wildman–Crippen MR) is 83.2 cm³/mol. The van der Waals surface area contributed by atoms with Gasteiger partial charge in [-0.05, 0) is 29.7 Å². The van der Waals surface area contributed by atoms with Crippen molar-refractivity contribution in [1.82, 2.24) is 0 Å². The molecule has 0 aliphatic rings. The van der Waals surface area contributed by atoms with Gasteiger partial charge in [0, 0.05) is 6.04 Å². The van der Waals surface area contributed by atoms with Gasteiger partial charge in [0.1, 0.15) is 12.4 Å². The monoisotopic (exact) mass is 293 g/mol. The number of halogens is 1. The van der Waals surface area contributed by atoms with Gasteiger partial charge >= 0.3 is 0 Å². The summed E-state index contributed by atoms with van der Waals surface area (Å²) in [5, 5.41) is 8.91. The van der Waals surface area contributed by atoms with Crippen molar-refractivity contribution in [3.8, 4) is 5.75 Å². The molecule has 3 N–H and O–H groups in total. The molecule has 2 rings (SSSR count). The van der Waals surface area contributed by atoms with E-state index in [0.717, 1.165) is 16.9 Å². The van der Waals surface area contributed by atoms with Crippen molar-refractivity contribution in [3.05, 3.63) is 65.7 Å². The summed E-state index contributed by atoms with van der Waals surface area (Å²) in [6.45, 7) is 0.572. The Kier molecular flexibility index (Phi) is 7.09. The first kappa shape index (κ1) is 16.5. The van der Waals surface area contributed by atoms with Crippen LogP contribution < -0.4 is 10.5 Å². The summed E-state index contributed by atoms with van der Waals surface area (Å²) in [6.07, 6.45) is 0.676. The summed E-state index contributed by atoms with van der Waals surface area (Å²) >= 11 is 0. The van der Waals surface area contributed by atoms with Crippen LogP contribution >= 0.6 is 12.4 Å². The molecular weight excluding hydrogens is 274 g/mol. The fourth-order valence-electron chi connectivity index (χ4n) is 1.83. The summed E-state index contributed by atoms with van der Waals surface area (Å²) in [4.78, 5) is 0. The van der Waals surface area contributed by atoms with Crippen LogP contribution in [0.2, 0.25) is 0 Å². The number of ether oxygens (including phenoxy) is 1. The average Bonchev–Trinajstić information content (AvgIpc) is 2.47. The van der Waals surface area contributed by atoms with Gasteiger partial charge in [-0.25, -0.2) is 0 Å². The average molecular weight is 294 g/mol. The van der Waals surface area contributed by atoms with Gasteiger partial charge in [-0.15, -0.1) is 12.4 Å². The molecule has 0 aliphatic carbocycles. The van der Waals surface area contributed by atoms with Gasteiger partial charge in [-0.2, -0.15) is 0 Å². The molecule has 2 aromatic carbocycles. The van der Waals surface area contributed by atoms with Crippen LogP contribution in [0, 0.1) is 0 Å². The minimum Gasteiger partial charge on any atom is -0.489 e. The zero-order valence-electron chi connectivity index (χ0n) is 11.2. The number of nitrogens with two attached hydrogens (primary N) is 1. The zero-order valence-corrected chi connectivity index (χ0v) is 12.1. The van der Waals surface area contributed by atoms with Crippen LogP contribution in [-0.2, 0) is 13.0 Å². The van der Waals surface area contributed by atoms with Crippen molar-refractivity contribution in [2.45, 2.75) is 19.1 Å². The van der Waals surface area contributed by atoms with E-state index in [0.29, 0.717) is 13.0 Å². The molecule has 0 amide bonds. The molecule has 0 aromatic heterocycles. The highest BCUT2D eigenvalue weighted by molar-refractivity contribution is 5.85. The van der Waals surface area contributed by atoms with Gasteiger partial charge in [-0.3, -0.25) is 0 Å². The van der Waals surface area contributed by atoms with Crippen LogP contribution in [0.3, 0.4) is 0 Å². The molecule has 108 valence electrons. The predicted octanol–water partition coefficient (Wildman–Crippen LogP) is 2.55. The van der Waals surface area contributed by atoms with Crippen molar-refractivity contribution < 1.29 is 9.84 Å². The van der Waals surface area contributed by atoms with E-state index in [1.165, 1.54) is 0 Å². The van der Waals surface area contributed by atoms with Crippen LogP contribution in [0.15, 0.2) is 54.6 Å². The van der Waals surface area contributed by atoms with Gasteiger partial charge < -0.3 is 15.6 Å². The van der Waals surface area contributed by atoms with E-state index in [4.69, 9.17) is 15.6 Å². The molecule has 0 heterocycles. The first-order valence-corrected chi connectivity index (χ1v) is 6.40. The van der Waals surface area contributed by atoms with E-state index in [2.05, 4.69) is 0 Å². The molecular formula is C16H20ClNO2. The van der Waals surface area contributed by atoms with Crippen molar-refractivity contribution in [1.29, 1.82) is 0 Å². The van der Waals surface area contributed by atoms with Gasteiger partial charge in [0.15, 0.2) is 0 Å². The number of hydrogen-bond donors (Lipinski definition) is 2. The highest BCUT2D eigenvalue weighted by Gasteiger charge is 2.02. The van der Waals surface area contributed by atoms with E-state index in [1.807, 2.05) is 54.6 Å². The number of benzene rings is 2. The van der Waals surface area contributed by atoms with Gasteiger partial charge in [0.25, 0.3) is 0 Å². The van der Waals surface area contributed by atoms with Crippen LogP contribution in [-0.4, -0.2) is 17.8 Å². The van der Waals surface area contributed by atoms with E-state index >= 15 is 0 Å². The standard InChI is InChI=1S/C16H19NO2.ClH/c17-15(11-18)10-13-6-8-16(9-7-13)19-12-14-4-2-1-3-5-14;/h1-9,15,18H,10-12,17H2;1H. The van der Waals surface area contributed by atoms with E-state index < -0.39 is 0 Å². The Bertz CT molecular complexity index is 488. The molecule has 20 heavy (non-hydrogen) atoms. The van der Waals surface area contributed by atoms with Crippen molar-refractivity contribution in [3.63, 3.8) is 0 Å². The minimum absolute atomic E-state index is 0. The smallest absolute Gasteiger partial charge is 0.119 e. The molecule has 0 aliphatic heterocycles.